The van der Waals surface area contributed by atoms with E-state index in [2.05, 4.69) is 63.1 Å². The Kier molecular flexibility index (Phi) is 11.2. The smallest absolute Gasteiger partial charge is 0.265 e. The van der Waals surface area contributed by atoms with Crippen molar-refractivity contribution in [2.24, 2.45) is 11.8 Å². The number of aliphatic hydroxyl groups is 1. The Morgan fingerprint density at radius 3 is 2.27 bits per heavy atom. The molecule has 0 unspecified atom stereocenters. The van der Waals surface area contributed by atoms with Crippen LogP contribution < -0.4 is 19.7 Å². The SMILES string of the molecule is CCCCOc1cc(CNC)c(N(C)C)c2c1C(=O)C1=C(O)[C@]3(O[Si](C)(C)C(C)(C)C)C(=O)c4c(OCCCC)noc4[C@@H](N(C)C)[C@@H]3C[C@@H]1C2. The van der Waals surface area contributed by atoms with E-state index in [1.165, 1.54) is 0 Å². The number of ether oxygens (including phenoxy) is 2. The second kappa shape index (κ2) is 14.7. The van der Waals surface area contributed by atoms with Gasteiger partial charge in [-0.25, -0.2) is 0 Å². The van der Waals surface area contributed by atoms with E-state index in [9.17, 15) is 5.11 Å². The zero-order valence-electron chi connectivity index (χ0n) is 32.9. The summed E-state index contributed by atoms with van der Waals surface area (Å²) < 4.78 is 25.7. The van der Waals surface area contributed by atoms with Gasteiger partial charge in [-0.1, -0.05) is 47.5 Å². The lowest BCUT2D eigenvalue weighted by atomic mass is 9.58. The van der Waals surface area contributed by atoms with Crippen LogP contribution in [-0.2, 0) is 17.4 Å². The standard InChI is InChI=1S/C39H60N4O7Si/c1-13-15-17-47-27-21-24(22-40-6)31(42(7)8)25-19-23-20-26-32(43(9)10)34-30(37(41-49-34)48-18-16-14-2)36(46)39(26,50-51(11,12)38(3,4)5)35(45)28(23)33(44)29(25)27/h21,23,26,32,40,45H,13-20,22H2,1-12H3/t23-,26-,32-,39-/m0/s1. The number of unbranched alkanes of at least 4 members (excludes halogenated alkanes) is 2. The molecular weight excluding hydrogens is 665 g/mol. The van der Waals surface area contributed by atoms with Gasteiger partial charge < -0.3 is 33.7 Å². The van der Waals surface area contributed by atoms with E-state index < -0.39 is 31.7 Å². The van der Waals surface area contributed by atoms with Crippen LogP contribution in [-0.4, -0.2) is 89.1 Å². The minimum absolute atomic E-state index is 0.103. The number of allylic oxidation sites excluding steroid dienone is 1. The average molecular weight is 725 g/mol. The Labute approximate surface area is 305 Å². The maximum atomic E-state index is 15.4. The van der Waals surface area contributed by atoms with Crippen LogP contribution in [0.1, 0.15) is 110 Å². The first-order chi connectivity index (χ1) is 24.0. The van der Waals surface area contributed by atoms with Crippen molar-refractivity contribution in [1.82, 2.24) is 15.4 Å². The van der Waals surface area contributed by atoms with Gasteiger partial charge in [0.1, 0.15) is 17.1 Å². The number of ketones is 2. The quantitative estimate of drug-likeness (QED) is 0.151. The van der Waals surface area contributed by atoms with Gasteiger partial charge in [0.15, 0.2) is 25.5 Å². The lowest BCUT2D eigenvalue weighted by Crippen LogP contribution is -2.65. The molecule has 12 heteroatoms. The number of rotatable bonds is 14. The summed E-state index contributed by atoms with van der Waals surface area (Å²) in [6.45, 7) is 16.1. The molecule has 0 saturated heterocycles. The van der Waals surface area contributed by atoms with Gasteiger partial charge in [-0.05, 0) is 93.2 Å². The Bertz CT molecular complexity index is 1670. The van der Waals surface area contributed by atoms with E-state index >= 15 is 9.59 Å². The van der Waals surface area contributed by atoms with Crippen molar-refractivity contribution in [2.45, 2.75) is 109 Å². The van der Waals surface area contributed by atoms with Crippen molar-refractivity contribution in [1.29, 1.82) is 0 Å². The zero-order chi connectivity index (χ0) is 37.6. The summed E-state index contributed by atoms with van der Waals surface area (Å²) in [6, 6.07) is 1.47. The van der Waals surface area contributed by atoms with Gasteiger partial charge in [0, 0.05) is 37.8 Å². The number of aromatic nitrogens is 1. The predicted molar refractivity (Wildman–Crippen MR) is 202 cm³/mol. The topological polar surface area (TPSA) is 127 Å². The maximum absolute atomic E-state index is 15.4. The highest BCUT2D eigenvalue weighted by atomic mass is 28.4. The van der Waals surface area contributed by atoms with Crippen LogP contribution in [0.3, 0.4) is 0 Å². The van der Waals surface area contributed by atoms with Crippen LogP contribution in [0.2, 0.25) is 18.1 Å². The first kappa shape index (κ1) is 39.0. The summed E-state index contributed by atoms with van der Waals surface area (Å²) in [5.41, 5.74) is 1.93. The second-order valence-corrected chi connectivity index (χ2v) is 21.2. The Balaban J connectivity index is 1.81. The highest BCUT2D eigenvalue weighted by Crippen LogP contribution is 2.60. The van der Waals surface area contributed by atoms with Crippen LogP contribution >= 0.6 is 0 Å². The molecule has 3 aliphatic carbocycles. The normalized spacial score (nSPS) is 23.2. The number of benzene rings is 1. The third-order valence-electron chi connectivity index (χ3n) is 11.4. The van der Waals surface area contributed by atoms with Crippen molar-refractivity contribution in [3.05, 3.63) is 45.4 Å². The number of hydrogen-bond donors (Lipinski definition) is 2. The van der Waals surface area contributed by atoms with Crippen LogP contribution in [0.25, 0.3) is 0 Å². The number of nitrogens with zero attached hydrogens (tertiary/aromatic N) is 3. The molecular formula is C39H60N4O7Si. The first-order valence-corrected chi connectivity index (χ1v) is 21.5. The Morgan fingerprint density at radius 2 is 1.71 bits per heavy atom. The summed E-state index contributed by atoms with van der Waals surface area (Å²) in [5.74, 6) is -1.00. The fourth-order valence-corrected chi connectivity index (χ4v) is 9.43. The number of nitrogens with one attached hydrogen (secondary N) is 1. The third-order valence-corrected chi connectivity index (χ3v) is 15.9. The molecule has 0 spiro atoms. The van der Waals surface area contributed by atoms with E-state index in [4.69, 9.17) is 18.4 Å². The minimum atomic E-state index is -2.81. The number of Topliss-reactive ketones (excluding diaryl/α,β-unsaturated/α-hetero) is 2. The van der Waals surface area contributed by atoms with Crippen LogP contribution in [0.15, 0.2) is 21.9 Å². The van der Waals surface area contributed by atoms with E-state index in [-0.39, 0.29) is 39.5 Å². The van der Waals surface area contributed by atoms with Crippen LogP contribution in [0, 0.1) is 11.8 Å². The molecule has 1 heterocycles. The molecule has 282 valence electrons. The van der Waals surface area contributed by atoms with Gasteiger partial charge in [0.25, 0.3) is 5.88 Å². The molecule has 0 radical (unpaired) electrons. The van der Waals surface area contributed by atoms with Gasteiger partial charge in [0.05, 0.1) is 24.8 Å². The van der Waals surface area contributed by atoms with Gasteiger partial charge in [-0.2, -0.15) is 0 Å². The third kappa shape index (κ3) is 6.55. The van der Waals surface area contributed by atoms with E-state index in [0.29, 0.717) is 49.7 Å². The van der Waals surface area contributed by atoms with Crippen molar-refractivity contribution >= 4 is 25.6 Å². The summed E-state index contributed by atoms with van der Waals surface area (Å²) in [5, 5.41) is 20.1. The number of fused-ring (bicyclic) bond motifs is 4. The van der Waals surface area contributed by atoms with Gasteiger partial charge >= 0.3 is 0 Å². The molecule has 0 amide bonds. The van der Waals surface area contributed by atoms with Crippen LogP contribution in [0.4, 0.5) is 5.69 Å². The summed E-state index contributed by atoms with van der Waals surface area (Å²) in [7, 11) is 6.96. The number of carbonyl (C=O) groups is 2. The number of aliphatic hydroxyl groups excluding tert-OH is 1. The molecule has 0 aliphatic heterocycles. The number of hydrogen-bond acceptors (Lipinski definition) is 11. The maximum Gasteiger partial charge on any atom is 0.265 e. The molecule has 51 heavy (non-hydrogen) atoms. The van der Waals surface area contributed by atoms with Gasteiger partial charge in [-0.15, -0.1) is 0 Å². The van der Waals surface area contributed by atoms with Crippen molar-refractivity contribution in [2.75, 3.05) is 53.4 Å². The van der Waals surface area contributed by atoms with Gasteiger partial charge in [0.2, 0.25) is 5.78 Å². The van der Waals surface area contributed by atoms with Gasteiger partial charge in [-0.3, -0.25) is 14.5 Å². The van der Waals surface area contributed by atoms with E-state index in [0.717, 1.165) is 42.5 Å². The summed E-state index contributed by atoms with van der Waals surface area (Å²) >= 11 is 0. The van der Waals surface area contributed by atoms with Crippen LogP contribution in [0.5, 0.6) is 11.6 Å². The fourth-order valence-electron chi connectivity index (χ4n) is 7.97. The highest BCUT2D eigenvalue weighted by Gasteiger charge is 2.67. The molecule has 1 aromatic carbocycles. The molecule has 0 fully saturated rings. The Hall–Kier alpha value is -3.19. The second-order valence-electron chi connectivity index (χ2n) is 16.5. The van der Waals surface area contributed by atoms with E-state index in [1.807, 2.05) is 46.2 Å². The summed E-state index contributed by atoms with van der Waals surface area (Å²) in [4.78, 5) is 34.6. The molecule has 0 saturated carbocycles. The average Bonchev–Trinajstić information content (AvgIpc) is 3.45. The molecule has 4 atom stereocenters. The highest BCUT2D eigenvalue weighted by molar-refractivity contribution is 6.74. The molecule has 5 rings (SSSR count). The summed E-state index contributed by atoms with van der Waals surface area (Å²) in [6.07, 6.45) is 4.37. The molecule has 2 aromatic rings. The van der Waals surface area contributed by atoms with Crippen molar-refractivity contribution in [3.8, 4) is 11.6 Å². The molecule has 11 nitrogen and oxygen atoms in total. The molecule has 1 aromatic heterocycles. The minimum Gasteiger partial charge on any atom is -0.508 e. The zero-order valence-corrected chi connectivity index (χ0v) is 33.9. The number of anilines is 1. The predicted octanol–water partition coefficient (Wildman–Crippen LogP) is 7.26. The monoisotopic (exact) mass is 724 g/mol. The fraction of sp³-hybridized carbons (Fsp3) is 0.667. The molecule has 2 N–H and O–H groups in total. The van der Waals surface area contributed by atoms with Crippen molar-refractivity contribution < 1.29 is 33.1 Å². The molecule has 3 aliphatic rings. The van der Waals surface area contributed by atoms with E-state index in [1.54, 1.807) is 0 Å². The Morgan fingerprint density at radius 1 is 1.06 bits per heavy atom. The largest absolute Gasteiger partial charge is 0.508 e. The number of carbonyl (C=O) groups excluding carboxylic acids is 2. The molecule has 0 bridgehead atoms. The first-order valence-electron chi connectivity index (χ1n) is 18.6. The van der Waals surface area contributed by atoms with Crippen molar-refractivity contribution in [3.63, 3.8) is 0 Å². The lowest BCUT2D eigenvalue weighted by molar-refractivity contribution is -0.0480. The lowest BCUT2D eigenvalue weighted by Gasteiger charge is -2.55.